The topological polar surface area (TPSA) is 156 Å². The van der Waals surface area contributed by atoms with Gasteiger partial charge in [-0.25, -0.2) is 0 Å². The van der Waals surface area contributed by atoms with Gasteiger partial charge in [-0.1, -0.05) is 273 Å². The zero-order valence-electron chi connectivity index (χ0n) is 69.0. The first-order valence-electron chi connectivity index (χ1n) is 44.6. The monoisotopic (exact) mass is 1500 g/mol. The van der Waals surface area contributed by atoms with Crippen LogP contribution in [0.15, 0.2) is 109 Å². The highest BCUT2D eigenvalue weighted by Gasteiger charge is 2.27. The van der Waals surface area contributed by atoms with Gasteiger partial charge in [-0.3, -0.25) is 42.5 Å². The lowest BCUT2D eigenvalue weighted by Gasteiger charge is -2.14. The highest BCUT2D eigenvalue weighted by molar-refractivity contribution is 6.17. The Balaban J connectivity index is 1.17. The molecule has 111 heavy (non-hydrogen) atoms. The standard InChI is InChI=1S/C99H132N6O6/c1-7-13-19-25-31-37-43-49-91(106)73-55-61-85-79(67-73)80-68-74(92(107)50-44-38-32-26-20-14-8-2)56-62-86(80)103(85)97-100-98(104-87-63-57-75(93(108)51-45-39-33-27-21-15-9-3)69-81(87)82-70-76(58-64-88(82)104)94(109)52-46-40-34-28-22-16-10-4)102-99(101-97)105-89-65-59-77(95(110)53-47-41-35-29-23-17-11-5)71-83(89)84-72-78(60-66-90(84)105)96(111)54-48-42-36-30-24-18-12-6/h55-72H,7-54H2,1-6H3. The van der Waals surface area contributed by atoms with E-state index in [0.29, 0.717) is 71.9 Å². The molecule has 0 saturated carbocycles. The molecule has 12 nitrogen and oxygen atoms in total. The minimum Gasteiger partial charge on any atom is -0.294 e. The zero-order chi connectivity index (χ0) is 78.1. The summed E-state index contributed by atoms with van der Waals surface area (Å²) in [6.45, 7) is 13.4. The minimum atomic E-state index is 0.0793. The number of ketones is 6. The second-order valence-electron chi connectivity index (χ2n) is 32.4. The van der Waals surface area contributed by atoms with E-state index >= 15 is 0 Å². The maximum atomic E-state index is 14.5. The van der Waals surface area contributed by atoms with Crippen molar-refractivity contribution in [3.05, 3.63) is 143 Å². The molecule has 0 unspecified atom stereocenters. The van der Waals surface area contributed by atoms with E-state index in [1.165, 1.54) is 154 Å². The minimum absolute atomic E-state index is 0.0793. The van der Waals surface area contributed by atoms with E-state index in [2.05, 4.69) is 41.5 Å². The molecule has 0 aliphatic rings. The summed E-state index contributed by atoms with van der Waals surface area (Å²) in [4.78, 5) is 104. The number of benzene rings is 6. The van der Waals surface area contributed by atoms with E-state index in [9.17, 15) is 28.8 Å². The molecule has 0 radical (unpaired) electrons. The van der Waals surface area contributed by atoms with Gasteiger partial charge in [0.25, 0.3) is 0 Å². The fourth-order valence-electron chi connectivity index (χ4n) is 16.7. The predicted molar refractivity (Wildman–Crippen MR) is 464 cm³/mol. The van der Waals surface area contributed by atoms with Gasteiger partial charge in [0, 0.05) is 104 Å². The van der Waals surface area contributed by atoms with Crippen molar-refractivity contribution in [2.75, 3.05) is 0 Å². The number of fused-ring (bicyclic) bond motifs is 9. The Morgan fingerprint density at radius 1 is 0.198 bits per heavy atom. The molecular weight excluding hydrogens is 1370 g/mol. The van der Waals surface area contributed by atoms with Gasteiger partial charge < -0.3 is 0 Å². The van der Waals surface area contributed by atoms with Gasteiger partial charge in [0.15, 0.2) is 34.7 Å². The van der Waals surface area contributed by atoms with Gasteiger partial charge in [0.2, 0.25) is 17.8 Å². The van der Waals surface area contributed by atoms with E-state index in [0.717, 1.165) is 181 Å². The van der Waals surface area contributed by atoms with Gasteiger partial charge >= 0.3 is 0 Å². The molecule has 0 aliphatic carbocycles. The first-order valence-corrected chi connectivity index (χ1v) is 44.6. The third kappa shape index (κ3) is 23.5. The van der Waals surface area contributed by atoms with E-state index in [4.69, 9.17) is 15.0 Å². The van der Waals surface area contributed by atoms with Gasteiger partial charge in [0.05, 0.1) is 33.1 Å². The molecule has 0 aliphatic heterocycles. The van der Waals surface area contributed by atoms with Crippen LogP contribution in [0.4, 0.5) is 0 Å². The maximum Gasteiger partial charge on any atom is 0.241 e. The summed E-state index contributed by atoms with van der Waals surface area (Å²) in [6.07, 6.45) is 48.9. The summed E-state index contributed by atoms with van der Waals surface area (Å²) < 4.78 is 6.12. The highest BCUT2D eigenvalue weighted by Crippen LogP contribution is 2.40. The molecule has 4 heterocycles. The Kier molecular flexibility index (Phi) is 34.9. The SMILES string of the molecule is CCCCCCCCCC(=O)c1ccc2c(c1)c1cc(C(=O)CCCCCCCCC)ccc1n2-c1nc(-n2c3ccc(C(=O)CCCCCCCCC)cc3c3cc(C(=O)CCCCCCCCC)ccc32)nc(-n2c3ccc(C(=O)CCCCCCCCC)cc3c3cc(C(=O)CCCCCCCCC)ccc32)n1. The maximum absolute atomic E-state index is 14.5. The first-order chi connectivity index (χ1) is 54.4. The third-order valence-electron chi connectivity index (χ3n) is 23.5. The Hall–Kier alpha value is -8.25. The average Bonchev–Trinajstić information content (AvgIpc) is 1.57. The lowest BCUT2D eigenvalue weighted by molar-refractivity contribution is 0.0971. The van der Waals surface area contributed by atoms with Crippen LogP contribution in [0.3, 0.4) is 0 Å². The van der Waals surface area contributed by atoms with Crippen LogP contribution < -0.4 is 0 Å². The third-order valence-corrected chi connectivity index (χ3v) is 23.5. The van der Waals surface area contributed by atoms with Crippen molar-refractivity contribution in [3.8, 4) is 17.8 Å². The van der Waals surface area contributed by atoms with Crippen molar-refractivity contribution in [1.82, 2.24) is 28.7 Å². The zero-order valence-corrected chi connectivity index (χ0v) is 69.0. The lowest BCUT2D eigenvalue weighted by atomic mass is 9.99. The van der Waals surface area contributed by atoms with Crippen LogP contribution in [-0.2, 0) is 0 Å². The van der Waals surface area contributed by atoms with Crippen molar-refractivity contribution in [2.24, 2.45) is 0 Å². The fourth-order valence-corrected chi connectivity index (χ4v) is 16.7. The molecule has 0 fully saturated rings. The summed E-state index contributed by atoms with van der Waals surface area (Å²) in [5.74, 6) is 1.30. The first kappa shape index (κ1) is 85.2. The number of carbonyl (C=O) groups is 6. The predicted octanol–water partition coefficient (Wildman–Crippen LogP) is 29.1. The second-order valence-corrected chi connectivity index (χ2v) is 32.4. The molecule has 4 aromatic heterocycles. The number of unbranched alkanes of at least 4 members (excludes halogenated alkanes) is 36. The van der Waals surface area contributed by atoms with Crippen molar-refractivity contribution in [3.63, 3.8) is 0 Å². The molecule has 0 spiro atoms. The van der Waals surface area contributed by atoms with Crippen molar-refractivity contribution in [1.29, 1.82) is 0 Å². The Bertz CT molecular complexity index is 3960. The normalized spacial score (nSPS) is 11.8. The quantitative estimate of drug-likeness (QED) is 0.0267. The van der Waals surface area contributed by atoms with Crippen LogP contribution in [-0.4, -0.2) is 63.4 Å². The van der Waals surface area contributed by atoms with Crippen LogP contribution in [0.1, 0.15) is 412 Å². The van der Waals surface area contributed by atoms with Crippen LogP contribution in [0, 0.1) is 0 Å². The fraction of sp³-hybridized carbons (Fsp3) is 0.545. The smallest absolute Gasteiger partial charge is 0.241 e. The van der Waals surface area contributed by atoms with Crippen molar-refractivity contribution < 1.29 is 28.8 Å². The van der Waals surface area contributed by atoms with Gasteiger partial charge in [-0.2, -0.15) is 15.0 Å². The lowest BCUT2D eigenvalue weighted by Crippen LogP contribution is -2.13. The van der Waals surface area contributed by atoms with Crippen LogP contribution in [0.2, 0.25) is 0 Å². The number of aromatic nitrogens is 6. The van der Waals surface area contributed by atoms with Crippen LogP contribution in [0.5, 0.6) is 0 Å². The van der Waals surface area contributed by atoms with Crippen LogP contribution in [0.25, 0.3) is 83.3 Å². The average molecular weight is 1500 g/mol. The van der Waals surface area contributed by atoms with E-state index in [1.807, 2.05) is 123 Å². The van der Waals surface area contributed by atoms with E-state index < -0.39 is 0 Å². The molecule has 0 saturated heterocycles. The number of hydrogen-bond donors (Lipinski definition) is 0. The highest BCUT2D eigenvalue weighted by atomic mass is 16.1. The molecule has 0 N–H and O–H groups in total. The summed E-state index contributed by atoms with van der Waals surface area (Å²) in [5, 5.41) is 4.77. The van der Waals surface area contributed by atoms with Crippen molar-refractivity contribution in [2.45, 2.75) is 350 Å². The summed E-state index contributed by atoms with van der Waals surface area (Å²) in [6, 6.07) is 35.6. The van der Waals surface area contributed by atoms with Gasteiger partial charge in [-0.15, -0.1) is 0 Å². The molecule has 6 aromatic carbocycles. The molecule has 12 heteroatoms. The molecule has 0 amide bonds. The molecule has 594 valence electrons. The van der Waals surface area contributed by atoms with E-state index in [1.54, 1.807) is 0 Å². The second kappa shape index (κ2) is 45.4. The van der Waals surface area contributed by atoms with Crippen LogP contribution >= 0.6 is 0 Å². The Morgan fingerprint density at radius 3 is 0.477 bits per heavy atom. The number of Topliss-reactive ketones (excluding diaryl/α,β-unsaturated/α-hetero) is 6. The largest absolute Gasteiger partial charge is 0.294 e. The van der Waals surface area contributed by atoms with E-state index in [-0.39, 0.29) is 52.5 Å². The molecule has 0 bridgehead atoms. The number of hydrogen-bond acceptors (Lipinski definition) is 9. The van der Waals surface area contributed by atoms with Crippen molar-refractivity contribution >= 4 is 100 Å². The molecule has 10 rings (SSSR count). The number of rotatable bonds is 57. The number of carbonyl (C=O) groups excluding carboxylic acids is 6. The van der Waals surface area contributed by atoms with Gasteiger partial charge in [-0.05, 0) is 148 Å². The summed E-state index contributed by atoms with van der Waals surface area (Å²) >= 11 is 0. The Morgan fingerprint density at radius 2 is 0.333 bits per heavy atom. The number of nitrogens with zero attached hydrogens (tertiary/aromatic N) is 6. The molecular formula is C99H132N6O6. The van der Waals surface area contributed by atoms with Gasteiger partial charge in [0.1, 0.15) is 0 Å². The molecule has 0 atom stereocenters. The summed E-state index contributed by atoms with van der Waals surface area (Å²) in [5.41, 5.74) is 8.11. The summed E-state index contributed by atoms with van der Waals surface area (Å²) in [7, 11) is 0. The molecule has 10 aromatic rings. The Labute approximate surface area is 663 Å².